The number of alkyl halides is 6. The van der Waals surface area contributed by atoms with Crippen LogP contribution in [0.1, 0.15) is 12.5 Å². The molecule has 36 heavy (non-hydrogen) atoms. The number of carbonyl (C=O) groups excluding carboxylic acids is 1. The normalized spacial score (nSPS) is 11.1. The van der Waals surface area contributed by atoms with Crippen LogP contribution in [-0.4, -0.2) is 65.2 Å². The molecule has 0 aliphatic rings. The lowest BCUT2D eigenvalue weighted by Crippen LogP contribution is -2.21. The average Bonchev–Trinajstić information content (AvgIpc) is 2.76. The number of hydrogen-bond donors (Lipinski definition) is 4. The van der Waals surface area contributed by atoms with Gasteiger partial charge in [0, 0.05) is 29.8 Å². The van der Waals surface area contributed by atoms with Gasteiger partial charge in [0.25, 0.3) is 0 Å². The van der Waals surface area contributed by atoms with E-state index < -0.39 is 30.3 Å². The number of hydrogen-bond acceptors (Lipinski definition) is 8. The molecule has 0 atom stereocenters. The summed E-state index contributed by atoms with van der Waals surface area (Å²) in [5, 5.41) is 16.0. The van der Waals surface area contributed by atoms with Crippen molar-refractivity contribution in [3.05, 3.63) is 36.0 Å². The molecule has 0 spiro atoms. The van der Waals surface area contributed by atoms with Gasteiger partial charge in [-0.3, -0.25) is 0 Å². The van der Waals surface area contributed by atoms with Gasteiger partial charge < -0.3 is 31.2 Å². The van der Waals surface area contributed by atoms with Crippen molar-refractivity contribution >= 4 is 40.6 Å². The lowest BCUT2D eigenvalue weighted by Gasteiger charge is -2.11. The Morgan fingerprint density at radius 1 is 1.06 bits per heavy atom. The molecular weight excluding hydrogens is 508 g/mol. The molecule has 0 bridgehead atoms. The van der Waals surface area contributed by atoms with Crippen LogP contribution >= 0.6 is 0 Å². The second-order valence-corrected chi connectivity index (χ2v) is 6.14. The lowest BCUT2D eigenvalue weighted by atomic mass is 10.1. The Balaban J connectivity index is 0.000000720. The first-order chi connectivity index (χ1) is 16.5. The summed E-state index contributed by atoms with van der Waals surface area (Å²) >= 11 is 0. The summed E-state index contributed by atoms with van der Waals surface area (Å²) in [4.78, 5) is 33.3. The molecule has 16 heteroatoms. The van der Waals surface area contributed by atoms with E-state index in [-0.39, 0.29) is 0 Å². The van der Waals surface area contributed by atoms with Crippen LogP contribution in [0.25, 0.3) is 16.8 Å². The first kappa shape index (κ1) is 31.9. The summed E-state index contributed by atoms with van der Waals surface area (Å²) in [6.07, 6.45) is -5.51. The van der Waals surface area contributed by atoms with Crippen molar-refractivity contribution in [1.82, 2.24) is 4.98 Å². The standard InChI is InChI=1S/C16H19N3O3.2C2HF3O2/c1-2-21-15(20)4-3-12-9-11-5-7-19-16(18)13(11)10-14(12)22-8-6-17;2*3-2(4,5)1(6)7/h3-5,7,9-10H,2,6,8,17H2,1H3,(H2,18,19);2*(H,6,7). The number of anilines is 1. The minimum Gasteiger partial charge on any atom is -0.492 e. The van der Waals surface area contributed by atoms with E-state index >= 15 is 0 Å². The third-order valence-electron chi connectivity index (χ3n) is 3.47. The third kappa shape index (κ3) is 11.9. The number of rotatable bonds is 6. The number of esters is 1. The number of fused-ring (bicyclic) bond motifs is 1. The zero-order valence-corrected chi connectivity index (χ0v) is 18.4. The highest BCUT2D eigenvalue weighted by Crippen LogP contribution is 2.29. The number of pyridine rings is 1. The first-order valence-corrected chi connectivity index (χ1v) is 9.50. The van der Waals surface area contributed by atoms with Gasteiger partial charge in [-0.15, -0.1) is 0 Å². The number of carbonyl (C=O) groups is 3. The number of benzene rings is 1. The molecule has 0 amide bonds. The molecule has 2 rings (SSSR count). The van der Waals surface area contributed by atoms with Crippen LogP contribution in [0.2, 0.25) is 0 Å². The predicted octanol–water partition coefficient (Wildman–Crippen LogP) is 3.00. The molecule has 0 fully saturated rings. The van der Waals surface area contributed by atoms with Crippen LogP contribution in [0, 0.1) is 0 Å². The van der Waals surface area contributed by atoms with Crippen LogP contribution in [0.3, 0.4) is 0 Å². The zero-order valence-electron chi connectivity index (χ0n) is 18.4. The van der Waals surface area contributed by atoms with Crippen molar-refractivity contribution in [3.63, 3.8) is 0 Å². The quantitative estimate of drug-likeness (QED) is 0.247. The van der Waals surface area contributed by atoms with Crippen molar-refractivity contribution in [1.29, 1.82) is 0 Å². The van der Waals surface area contributed by atoms with Crippen molar-refractivity contribution in [2.24, 2.45) is 5.73 Å². The van der Waals surface area contributed by atoms with Gasteiger partial charge in [0.05, 0.1) is 6.61 Å². The first-order valence-electron chi connectivity index (χ1n) is 9.50. The molecule has 1 aromatic heterocycles. The Hall–Kier alpha value is -4.08. The number of ether oxygens (including phenoxy) is 2. The summed E-state index contributed by atoms with van der Waals surface area (Å²) in [5.41, 5.74) is 12.1. The molecule has 0 saturated heterocycles. The molecule has 200 valence electrons. The van der Waals surface area contributed by atoms with E-state index in [0.717, 1.165) is 16.3 Å². The van der Waals surface area contributed by atoms with Crippen molar-refractivity contribution in [2.75, 3.05) is 25.5 Å². The number of halogens is 6. The highest BCUT2D eigenvalue weighted by Gasteiger charge is 2.38. The fourth-order valence-electron chi connectivity index (χ4n) is 2.01. The largest absolute Gasteiger partial charge is 0.492 e. The molecule has 1 heterocycles. The molecule has 0 unspecified atom stereocenters. The molecule has 0 saturated carbocycles. The van der Waals surface area contributed by atoms with Gasteiger partial charge in [0.15, 0.2) is 0 Å². The Morgan fingerprint density at radius 2 is 1.58 bits per heavy atom. The van der Waals surface area contributed by atoms with E-state index in [1.165, 1.54) is 6.08 Å². The number of nitrogens with two attached hydrogens (primary N) is 2. The van der Waals surface area contributed by atoms with Gasteiger partial charge in [-0.1, -0.05) is 0 Å². The highest BCUT2D eigenvalue weighted by molar-refractivity contribution is 5.95. The van der Waals surface area contributed by atoms with Crippen LogP contribution < -0.4 is 16.2 Å². The summed E-state index contributed by atoms with van der Waals surface area (Å²) < 4.78 is 74.0. The Morgan fingerprint density at radius 3 is 2.03 bits per heavy atom. The van der Waals surface area contributed by atoms with E-state index in [2.05, 4.69) is 4.98 Å². The molecular formula is C20H21F6N3O7. The van der Waals surface area contributed by atoms with Gasteiger partial charge in [0.2, 0.25) is 0 Å². The zero-order chi connectivity index (χ0) is 28.1. The lowest BCUT2D eigenvalue weighted by molar-refractivity contribution is -0.193. The van der Waals surface area contributed by atoms with Crippen LogP contribution in [0.4, 0.5) is 32.2 Å². The van der Waals surface area contributed by atoms with Crippen molar-refractivity contribution in [2.45, 2.75) is 19.3 Å². The van der Waals surface area contributed by atoms with Gasteiger partial charge >= 0.3 is 30.3 Å². The topological polar surface area (TPSA) is 175 Å². The smallest absolute Gasteiger partial charge is 0.490 e. The van der Waals surface area contributed by atoms with E-state index in [9.17, 15) is 31.1 Å². The predicted molar refractivity (Wildman–Crippen MR) is 114 cm³/mol. The second kappa shape index (κ2) is 14.3. The molecule has 0 aliphatic carbocycles. The summed E-state index contributed by atoms with van der Waals surface area (Å²) in [5.74, 6) is -4.89. The molecule has 1 aromatic carbocycles. The number of carboxylic acids is 2. The maximum absolute atomic E-state index is 11.5. The van der Waals surface area contributed by atoms with Gasteiger partial charge in [-0.25, -0.2) is 19.4 Å². The molecule has 2 aromatic rings. The van der Waals surface area contributed by atoms with Crippen LogP contribution in [0.15, 0.2) is 30.5 Å². The van der Waals surface area contributed by atoms with Crippen molar-refractivity contribution < 1.29 is 60.4 Å². The minimum absolute atomic E-state index is 0.333. The fraction of sp³-hybridized carbons (Fsp3) is 0.300. The van der Waals surface area contributed by atoms with Gasteiger partial charge in [0.1, 0.15) is 18.2 Å². The molecule has 0 aliphatic heterocycles. The van der Waals surface area contributed by atoms with Crippen LogP contribution in [0.5, 0.6) is 5.75 Å². The molecule has 0 radical (unpaired) electrons. The summed E-state index contributed by atoms with van der Waals surface area (Å²) in [6, 6.07) is 5.53. The highest BCUT2D eigenvalue weighted by atomic mass is 19.4. The molecule has 10 nitrogen and oxygen atoms in total. The van der Waals surface area contributed by atoms with E-state index in [1.54, 1.807) is 25.3 Å². The van der Waals surface area contributed by atoms with E-state index in [4.69, 9.17) is 40.7 Å². The maximum Gasteiger partial charge on any atom is 0.490 e. The summed E-state index contributed by atoms with van der Waals surface area (Å²) in [6.45, 7) is 2.85. The fourth-order valence-corrected chi connectivity index (χ4v) is 2.01. The Labute approximate surface area is 199 Å². The van der Waals surface area contributed by atoms with Crippen LogP contribution in [-0.2, 0) is 19.1 Å². The number of aromatic nitrogens is 1. The van der Waals surface area contributed by atoms with Crippen molar-refractivity contribution in [3.8, 4) is 5.75 Å². The third-order valence-corrected chi connectivity index (χ3v) is 3.47. The van der Waals surface area contributed by atoms with Gasteiger partial charge in [-0.2, -0.15) is 26.3 Å². The minimum atomic E-state index is -5.08. The summed E-state index contributed by atoms with van der Waals surface area (Å²) in [7, 11) is 0. The SMILES string of the molecule is CCOC(=O)C=Cc1cc2ccnc(N)c2cc1OCCN.O=C(O)C(F)(F)F.O=C(O)C(F)(F)F. The Bertz CT molecular complexity index is 1050. The average molecular weight is 529 g/mol. The molecule has 6 N–H and O–H groups in total. The number of aliphatic carboxylic acids is 2. The second-order valence-electron chi connectivity index (χ2n) is 6.14. The maximum atomic E-state index is 11.5. The monoisotopic (exact) mass is 529 g/mol. The Kier molecular flexibility index (Phi) is 12.7. The van der Waals surface area contributed by atoms with Gasteiger partial charge in [-0.05, 0) is 36.6 Å². The van der Waals surface area contributed by atoms with E-state index in [1.807, 2.05) is 12.1 Å². The number of carboxylic acid groups (broad SMARTS) is 2. The number of nitrogens with zero attached hydrogens (tertiary/aromatic N) is 1. The number of nitrogen functional groups attached to an aromatic ring is 1. The van der Waals surface area contributed by atoms with E-state index in [0.29, 0.717) is 31.3 Å².